The van der Waals surface area contributed by atoms with Crippen LogP contribution in [0.15, 0.2) is 197 Å². The molecule has 53 heavy (non-hydrogen) atoms. The van der Waals surface area contributed by atoms with Gasteiger partial charge in [-0.2, -0.15) is 0 Å². The summed E-state index contributed by atoms with van der Waals surface area (Å²) >= 11 is 0. The summed E-state index contributed by atoms with van der Waals surface area (Å²) in [5, 5.41) is 9.18. The first kappa shape index (κ1) is 29.6. The predicted molar refractivity (Wildman–Crippen MR) is 222 cm³/mol. The van der Waals surface area contributed by atoms with E-state index >= 15 is 0 Å². The minimum Gasteiger partial charge on any atom is -0.456 e. The first-order valence-electron chi connectivity index (χ1n) is 18.0. The van der Waals surface area contributed by atoms with Crippen LogP contribution in [0.5, 0.6) is 0 Å². The summed E-state index contributed by atoms with van der Waals surface area (Å²) in [6.45, 7) is 0. The lowest BCUT2D eigenvalue weighted by molar-refractivity contribution is 0.663. The van der Waals surface area contributed by atoms with E-state index in [1.807, 2.05) is 18.2 Å². The highest BCUT2D eigenvalue weighted by Gasteiger charge is 2.23. The number of anilines is 3. The van der Waals surface area contributed by atoms with Crippen molar-refractivity contribution in [3.8, 4) is 22.3 Å². The van der Waals surface area contributed by atoms with Crippen LogP contribution >= 0.6 is 0 Å². The molecule has 0 saturated carbocycles. The Kier molecular flexibility index (Phi) is 6.55. The van der Waals surface area contributed by atoms with E-state index in [0.717, 1.165) is 83.2 Å². The van der Waals surface area contributed by atoms with Crippen molar-refractivity contribution in [2.75, 3.05) is 4.90 Å². The van der Waals surface area contributed by atoms with Crippen LogP contribution in [0.2, 0.25) is 0 Å². The van der Waals surface area contributed by atoms with Crippen LogP contribution in [0.25, 0.3) is 87.7 Å². The quantitative estimate of drug-likeness (QED) is 0.170. The van der Waals surface area contributed by atoms with Gasteiger partial charge in [-0.1, -0.05) is 121 Å². The molecule has 0 radical (unpaired) electrons. The van der Waals surface area contributed by atoms with Gasteiger partial charge in [0.25, 0.3) is 0 Å². The van der Waals surface area contributed by atoms with Gasteiger partial charge < -0.3 is 13.7 Å². The maximum Gasteiger partial charge on any atom is 0.143 e. The van der Waals surface area contributed by atoms with Crippen LogP contribution in [0.4, 0.5) is 17.1 Å². The molecule has 3 heteroatoms. The fourth-order valence-corrected chi connectivity index (χ4v) is 8.31. The van der Waals surface area contributed by atoms with Crippen LogP contribution in [0, 0.1) is 0 Å². The van der Waals surface area contributed by atoms with Crippen molar-refractivity contribution < 1.29 is 8.83 Å². The fraction of sp³-hybridized carbons (Fsp3) is 0. The van der Waals surface area contributed by atoms with E-state index in [-0.39, 0.29) is 0 Å². The highest BCUT2D eigenvalue weighted by Crippen LogP contribution is 2.48. The zero-order valence-electron chi connectivity index (χ0n) is 28.7. The monoisotopic (exact) mass is 677 g/mol. The molecular formula is C50H31NO2. The van der Waals surface area contributed by atoms with Crippen molar-refractivity contribution >= 4 is 82.5 Å². The molecule has 11 rings (SSSR count). The summed E-state index contributed by atoms with van der Waals surface area (Å²) in [4.78, 5) is 2.30. The molecule has 0 aliphatic heterocycles. The van der Waals surface area contributed by atoms with Crippen LogP contribution in [0.1, 0.15) is 0 Å². The van der Waals surface area contributed by atoms with E-state index in [1.165, 1.54) is 21.5 Å². The van der Waals surface area contributed by atoms with Gasteiger partial charge in [-0.15, -0.1) is 0 Å². The van der Waals surface area contributed by atoms with Crippen LogP contribution < -0.4 is 4.90 Å². The number of furan rings is 2. The van der Waals surface area contributed by atoms with Gasteiger partial charge in [-0.25, -0.2) is 0 Å². The van der Waals surface area contributed by atoms with Gasteiger partial charge in [0.05, 0.1) is 0 Å². The van der Waals surface area contributed by atoms with Gasteiger partial charge in [0, 0.05) is 44.2 Å². The molecule has 2 aromatic heterocycles. The topological polar surface area (TPSA) is 29.5 Å². The lowest BCUT2D eigenvalue weighted by Gasteiger charge is -2.25. The second-order valence-electron chi connectivity index (χ2n) is 13.6. The van der Waals surface area contributed by atoms with E-state index in [4.69, 9.17) is 8.83 Å². The molecule has 0 fully saturated rings. The molecule has 248 valence electrons. The second kappa shape index (κ2) is 11.7. The average Bonchev–Trinajstić information content (AvgIpc) is 3.80. The summed E-state index contributed by atoms with van der Waals surface area (Å²) in [6, 6.07) is 66.6. The third-order valence-corrected chi connectivity index (χ3v) is 10.6. The predicted octanol–water partition coefficient (Wildman–Crippen LogP) is 14.6. The lowest BCUT2D eigenvalue weighted by Crippen LogP contribution is -2.09. The lowest BCUT2D eigenvalue weighted by atomic mass is 9.87. The molecule has 0 atom stereocenters. The van der Waals surface area contributed by atoms with Crippen LogP contribution in [-0.4, -0.2) is 0 Å². The summed E-state index contributed by atoms with van der Waals surface area (Å²) in [6.07, 6.45) is 0. The normalized spacial score (nSPS) is 11.8. The first-order chi connectivity index (χ1) is 26.3. The Bertz CT molecular complexity index is 3120. The minimum atomic E-state index is 0.847. The zero-order chi connectivity index (χ0) is 34.9. The highest BCUT2D eigenvalue weighted by molar-refractivity contribution is 6.28. The molecule has 0 bridgehead atoms. The van der Waals surface area contributed by atoms with Gasteiger partial charge in [0.1, 0.15) is 22.3 Å². The third-order valence-electron chi connectivity index (χ3n) is 10.6. The SMILES string of the molecule is c1ccc(N(c2ccccc2)c2ccc(-c3ccc4c(oc5ccc6oc7ccccc7c6c54)c3-c3cc4ccccc4c4ccccc34)cc2)cc1. The maximum atomic E-state index is 7.02. The summed E-state index contributed by atoms with van der Waals surface area (Å²) in [7, 11) is 0. The molecule has 0 aliphatic rings. The van der Waals surface area contributed by atoms with Gasteiger partial charge >= 0.3 is 0 Å². The number of fused-ring (bicyclic) bond motifs is 10. The number of rotatable bonds is 5. The summed E-state index contributed by atoms with van der Waals surface area (Å²) in [5.41, 5.74) is 11.2. The molecule has 0 aliphatic carbocycles. The number of hydrogen-bond acceptors (Lipinski definition) is 3. The Balaban J connectivity index is 1.20. The Morgan fingerprint density at radius 2 is 0.906 bits per heavy atom. The number of benzene rings is 9. The molecule has 0 N–H and O–H groups in total. The molecule has 9 aromatic carbocycles. The van der Waals surface area contributed by atoms with Crippen molar-refractivity contribution in [2.45, 2.75) is 0 Å². The molecular weight excluding hydrogens is 647 g/mol. The molecule has 11 aromatic rings. The largest absolute Gasteiger partial charge is 0.456 e. The van der Waals surface area contributed by atoms with Crippen LogP contribution in [0.3, 0.4) is 0 Å². The van der Waals surface area contributed by atoms with E-state index in [9.17, 15) is 0 Å². The van der Waals surface area contributed by atoms with Gasteiger partial charge in [0.2, 0.25) is 0 Å². The van der Waals surface area contributed by atoms with Crippen molar-refractivity contribution in [1.82, 2.24) is 0 Å². The van der Waals surface area contributed by atoms with Crippen molar-refractivity contribution in [2.24, 2.45) is 0 Å². The van der Waals surface area contributed by atoms with Gasteiger partial charge in [-0.05, 0) is 105 Å². The summed E-state index contributed by atoms with van der Waals surface area (Å²) < 4.78 is 13.4. The zero-order valence-corrected chi connectivity index (χ0v) is 28.7. The van der Waals surface area contributed by atoms with E-state index in [1.54, 1.807) is 0 Å². The molecule has 0 saturated heterocycles. The smallest absolute Gasteiger partial charge is 0.143 e. The molecule has 2 heterocycles. The van der Waals surface area contributed by atoms with Gasteiger partial charge in [0.15, 0.2) is 0 Å². The Morgan fingerprint density at radius 3 is 1.64 bits per heavy atom. The summed E-state index contributed by atoms with van der Waals surface area (Å²) in [5.74, 6) is 0. The molecule has 0 spiro atoms. The van der Waals surface area contributed by atoms with E-state index in [0.29, 0.717) is 0 Å². The Labute approximate surface area is 305 Å². The molecule has 0 unspecified atom stereocenters. The number of para-hydroxylation sites is 3. The van der Waals surface area contributed by atoms with Gasteiger partial charge in [-0.3, -0.25) is 0 Å². The third kappa shape index (κ3) is 4.61. The van der Waals surface area contributed by atoms with Crippen molar-refractivity contribution in [3.05, 3.63) is 188 Å². The van der Waals surface area contributed by atoms with E-state index in [2.05, 4.69) is 175 Å². The number of hydrogen-bond donors (Lipinski definition) is 0. The Morgan fingerprint density at radius 1 is 0.340 bits per heavy atom. The molecule has 3 nitrogen and oxygen atoms in total. The second-order valence-corrected chi connectivity index (χ2v) is 13.6. The highest BCUT2D eigenvalue weighted by atomic mass is 16.3. The van der Waals surface area contributed by atoms with Crippen molar-refractivity contribution in [3.63, 3.8) is 0 Å². The van der Waals surface area contributed by atoms with Crippen molar-refractivity contribution in [1.29, 1.82) is 0 Å². The van der Waals surface area contributed by atoms with E-state index < -0.39 is 0 Å². The fourth-order valence-electron chi connectivity index (χ4n) is 8.31. The average molecular weight is 678 g/mol. The maximum absolute atomic E-state index is 7.02. The molecule has 0 amide bonds. The minimum absolute atomic E-state index is 0.847. The first-order valence-corrected chi connectivity index (χ1v) is 18.0. The number of nitrogens with zero attached hydrogens (tertiary/aromatic N) is 1. The standard InChI is InChI=1S/C50H31NO2/c1-3-14-34(15-4-1)51(35-16-5-2-6-17-35)36-25-23-32(24-26-36)38-27-28-42-49-46(30-29-45-48(49)41-21-11-12-22-44(41)52-45)53-50(42)47(38)43-31-33-13-7-8-18-37(33)39-19-9-10-20-40(39)43/h1-31H. The Hall–Kier alpha value is -7.10. The van der Waals surface area contributed by atoms with Crippen LogP contribution in [-0.2, 0) is 0 Å².